The Morgan fingerprint density at radius 3 is 2.43 bits per heavy atom. The minimum absolute atomic E-state index is 0.466. The number of benzene rings is 1. The molecule has 0 unspecified atom stereocenters. The Morgan fingerprint density at radius 2 is 1.83 bits per heavy atom. The lowest BCUT2D eigenvalue weighted by Crippen LogP contribution is -2.47. The smallest absolute Gasteiger partial charge is 0.0645 e. The maximum absolute atomic E-state index is 10.8. The fourth-order valence-electron chi connectivity index (χ4n) is 4.21. The monoisotopic (exact) mass is 317 g/mol. The molecule has 0 aliphatic carbocycles. The molecule has 0 spiro atoms. The van der Waals surface area contributed by atoms with E-state index in [1.165, 1.54) is 37.8 Å². The molecule has 130 valence electrons. The third-order valence-corrected chi connectivity index (χ3v) is 5.80. The first-order valence-corrected chi connectivity index (χ1v) is 9.62. The molecular formula is C21H35NO. The molecule has 0 radical (unpaired) electrons. The Morgan fingerprint density at radius 1 is 1.13 bits per heavy atom. The Kier molecular flexibility index (Phi) is 7.10. The van der Waals surface area contributed by atoms with Crippen molar-refractivity contribution in [3.05, 3.63) is 35.9 Å². The molecule has 1 aromatic rings. The van der Waals surface area contributed by atoms with E-state index < -0.39 is 5.60 Å². The fourth-order valence-corrected chi connectivity index (χ4v) is 4.21. The van der Waals surface area contributed by atoms with Crippen LogP contribution in [-0.2, 0) is 6.54 Å². The van der Waals surface area contributed by atoms with E-state index in [4.69, 9.17) is 0 Å². The van der Waals surface area contributed by atoms with Crippen LogP contribution in [0.1, 0.15) is 71.3 Å². The quantitative estimate of drug-likeness (QED) is 0.728. The Labute approximate surface area is 142 Å². The summed E-state index contributed by atoms with van der Waals surface area (Å²) >= 11 is 0. The predicted octanol–water partition coefficient (Wildman–Crippen LogP) is 5.01. The minimum Gasteiger partial charge on any atom is -0.390 e. The van der Waals surface area contributed by atoms with Crippen molar-refractivity contribution in [1.82, 2.24) is 4.90 Å². The molecule has 0 aromatic heterocycles. The van der Waals surface area contributed by atoms with Gasteiger partial charge in [-0.25, -0.2) is 0 Å². The van der Waals surface area contributed by atoms with Gasteiger partial charge in [-0.05, 0) is 56.6 Å². The van der Waals surface area contributed by atoms with Crippen molar-refractivity contribution in [2.24, 2.45) is 5.92 Å². The van der Waals surface area contributed by atoms with Gasteiger partial charge in [-0.15, -0.1) is 0 Å². The molecule has 2 nitrogen and oxygen atoms in total. The first kappa shape index (κ1) is 18.5. The summed E-state index contributed by atoms with van der Waals surface area (Å²) in [7, 11) is 0. The lowest BCUT2D eigenvalue weighted by Gasteiger charge is -2.44. The number of nitrogens with zero attached hydrogens (tertiary/aromatic N) is 1. The van der Waals surface area contributed by atoms with E-state index in [1.54, 1.807) is 0 Å². The van der Waals surface area contributed by atoms with Crippen LogP contribution in [0.2, 0.25) is 0 Å². The van der Waals surface area contributed by atoms with Gasteiger partial charge >= 0.3 is 0 Å². The van der Waals surface area contributed by atoms with Crippen LogP contribution in [0.4, 0.5) is 0 Å². The largest absolute Gasteiger partial charge is 0.390 e. The first-order chi connectivity index (χ1) is 11.1. The van der Waals surface area contributed by atoms with Gasteiger partial charge in [0.05, 0.1) is 5.60 Å². The number of hydrogen-bond donors (Lipinski definition) is 1. The van der Waals surface area contributed by atoms with Crippen molar-refractivity contribution in [1.29, 1.82) is 0 Å². The summed E-state index contributed by atoms with van der Waals surface area (Å²) in [5.74, 6) is 0.636. The summed E-state index contributed by atoms with van der Waals surface area (Å²) in [6.45, 7) is 8.80. The third-order valence-electron chi connectivity index (χ3n) is 5.80. The molecule has 0 amide bonds. The molecule has 1 saturated heterocycles. The van der Waals surface area contributed by atoms with Crippen LogP contribution >= 0.6 is 0 Å². The topological polar surface area (TPSA) is 23.5 Å². The fraction of sp³-hybridized carbons (Fsp3) is 0.714. The highest BCUT2D eigenvalue weighted by Gasteiger charge is 2.35. The zero-order chi connectivity index (χ0) is 16.7. The summed E-state index contributed by atoms with van der Waals surface area (Å²) in [5, 5.41) is 10.8. The van der Waals surface area contributed by atoms with Gasteiger partial charge in [-0.1, -0.05) is 57.5 Å². The maximum atomic E-state index is 10.8. The van der Waals surface area contributed by atoms with Crippen molar-refractivity contribution in [2.45, 2.75) is 83.9 Å². The number of rotatable bonds is 8. The van der Waals surface area contributed by atoms with Gasteiger partial charge in [0.2, 0.25) is 0 Å². The van der Waals surface area contributed by atoms with E-state index in [9.17, 15) is 5.11 Å². The van der Waals surface area contributed by atoms with Crippen molar-refractivity contribution in [3.63, 3.8) is 0 Å². The third kappa shape index (κ3) is 5.06. The molecule has 1 N–H and O–H groups in total. The normalized spacial score (nSPS) is 23.1. The van der Waals surface area contributed by atoms with Crippen LogP contribution in [-0.4, -0.2) is 28.2 Å². The van der Waals surface area contributed by atoms with Gasteiger partial charge < -0.3 is 5.11 Å². The van der Waals surface area contributed by atoms with Crippen molar-refractivity contribution >= 4 is 0 Å². The molecule has 2 heteroatoms. The lowest BCUT2D eigenvalue weighted by atomic mass is 9.77. The lowest BCUT2D eigenvalue weighted by molar-refractivity contribution is -0.0245. The van der Waals surface area contributed by atoms with Gasteiger partial charge in [-0.3, -0.25) is 4.90 Å². The Bertz CT molecular complexity index is 440. The van der Waals surface area contributed by atoms with Crippen LogP contribution in [0.15, 0.2) is 30.3 Å². The summed E-state index contributed by atoms with van der Waals surface area (Å²) in [4.78, 5) is 2.68. The summed E-state index contributed by atoms with van der Waals surface area (Å²) in [6, 6.07) is 11.5. The summed E-state index contributed by atoms with van der Waals surface area (Å²) < 4.78 is 0. The van der Waals surface area contributed by atoms with E-state index in [-0.39, 0.29) is 0 Å². The number of aliphatic hydroxyl groups is 1. The van der Waals surface area contributed by atoms with Crippen LogP contribution in [0, 0.1) is 5.92 Å². The Hall–Kier alpha value is -0.860. The Balaban J connectivity index is 2.09. The SMILES string of the molecule is CCC[C@@H]1[C@@H](CC(O)(CC)CC)CCCN1Cc1ccccc1. The number of likely N-dealkylation sites (tertiary alicyclic amines) is 1. The van der Waals surface area contributed by atoms with Crippen LogP contribution < -0.4 is 0 Å². The summed E-state index contributed by atoms with van der Waals surface area (Å²) in [6.07, 6.45) is 7.73. The van der Waals surface area contributed by atoms with E-state index in [2.05, 4.69) is 56.0 Å². The highest BCUT2D eigenvalue weighted by molar-refractivity contribution is 5.14. The van der Waals surface area contributed by atoms with E-state index in [1.807, 2.05) is 0 Å². The highest BCUT2D eigenvalue weighted by Crippen LogP contribution is 2.36. The molecule has 1 aliphatic heterocycles. The van der Waals surface area contributed by atoms with Crippen molar-refractivity contribution in [2.75, 3.05) is 6.54 Å². The highest BCUT2D eigenvalue weighted by atomic mass is 16.3. The summed E-state index contributed by atoms with van der Waals surface area (Å²) in [5.41, 5.74) is 0.947. The molecular weight excluding hydrogens is 282 g/mol. The van der Waals surface area contributed by atoms with Crippen LogP contribution in [0.5, 0.6) is 0 Å². The maximum Gasteiger partial charge on any atom is 0.0645 e. The average molecular weight is 318 g/mol. The average Bonchev–Trinajstić information content (AvgIpc) is 2.58. The van der Waals surface area contributed by atoms with Gasteiger partial charge in [0.15, 0.2) is 0 Å². The second-order valence-electron chi connectivity index (χ2n) is 7.35. The molecule has 1 heterocycles. The van der Waals surface area contributed by atoms with E-state index >= 15 is 0 Å². The second kappa shape index (κ2) is 8.84. The minimum atomic E-state index is -0.466. The molecule has 1 aliphatic rings. The van der Waals surface area contributed by atoms with Crippen molar-refractivity contribution < 1.29 is 5.11 Å². The van der Waals surface area contributed by atoms with Gasteiger partial charge in [0, 0.05) is 12.6 Å². The number of hydrogen-bond acceptors (Lipinski definition) is 2. The molecule has 2 atom stereocenters. The second-order valence-corrected chi connectivity index (χ2v) is 7.35. The van der Waals surface area contributed by atoms with Crippen LogP contribution in [0.25, 0.3) is 0 Å². The predicted molar refractivity (Wildman–Crippen MR) is 98.4 cm³/mol. The molecule has 1 fully saturated rings. The first-order valence-electron chi connectivity index (χ1n) is 9.62. The zero-order valence-corrected chi connectivity index (χ0v) is 15.3. The van der Waals surface area contributed by atoms with Crippen molar-refractivity contribution in [3.8, 4) is 0 Å². The van der Waals surface area contributed by atoms with Crippen LogP contribution in [0.3, 0.4) is 0 Å². The zero-order valence-electron chi connectivity index (χ0n) is 15.3. The molecule has 1 aromatic carbocycles. The van der Waals surface area contributed by atoms with Gasteiger partial charge in [-0.2, -0.15) is 0 Å². The van der Waals surface area contributed by atoms with E-state index in [0.29, 0.717) is 12.0 Å². The van der Waals surface area contributed by atoms with Gasteiger partial charge in [0.25, 0.3) is 0 Å². The van der Waals surface area contributed by atoms with Gasteiger partial charge in [0.1, 0.15) is 0 Å². The molecule has 0 saturated carbocycles. The molecule has 0 bridgehead atoms. The molecule has 2 rings (SSSR count). The number of piperidine rings is 1. The van der Waals surface area contributed by atoms with E-state index in [0.717, 1.165) is 25.8 Å². The standard InChI is InChI=1S/C21H35NO/c1-4-11-20-19(16-21(23,5-2)6-3)14-10-15-22(20)17-18-12-8-7-9-13-18/h7-9,12-13,19-20,23H,4-6,10-11,14-17H2,1-3H3/t19-,20-/m1/s1. The molecule has 23 heavy (non-hydrogen) atoms.